The lowest BCUT2D eigenvalue weighted by Gasteiger charge is -2.41. The number of morpholine rings is 1. The van der Waals surface area contributed by atoms with E-state index >= 15 is 0 Å². The molecule has 5 heterocycles. The number of hydrogen-bond donors (Lipinski definition) is 0. The van der Waals surface area contributed by atoms with Gasteiger partial charge in [-0.15, -0.1) is 10.2 Å². The molecule has 1 atom stereocenters. The molecule has 0 radical (unpaired) electrons. The van der Waals surface area contributed by atoms with Gasteiger partial charge in [-0.25, -0.2) is 9.97 Å². The summed E-state index contributed by atoms with van der Waals surface area (Å²) in [4.78, 5) is 31.1. The summed E-state index contributed by atoms with van der Waals surface area (Å²) in [5, 5.41) is 8.89. The third-order valence-electron chi connectivity index (χ3n) is 7.14. The summed E-state index contributed by atoms with van der Waals surface area (Å²) in [5.41, 5.74) is 1.29. The number of anilines is 1. The molecule has 6 rings (SSSR count). The van der Waals surface area contributed by atoms with E-state index in [0.717, 1.165) is 42.4 Å². The number of amides is 1. The molecule has 11 heteroatoms. The van der Waals surface area contributed by atoms with Gasteiger partial charge in [0.25, 0.3) is 5.91 Å². The molecular formula is C23H29N9O2. The lowest BCUT2D eigenvalue weighted by Crippen LogP contribution is -2.42. The predicted molar refractivity (Wildman–Crippen MR) is 123 cm³/mol. The van der Waals surface area contributed by atoms with Crippen molar-refractivity contribution < 1.29 is 9.53 Å². The van der Waals surface area contributed by atoms with E-state index in [1.807, 2.05) is 13.1 Å². The molecule has 1 unspecified atom stereocenters. The number of carbonyl (C=O) groups excluding carboxylic acids is 1. The van der Waals surface area contributed by atoms with Crippen LogP contribution in [0.4, 0.5) is 5.82 Å². The van der Waals surface area contributed by atoms with Gasteiger partial charge in [-0.3, -0.25) is 13.9 Å². The predicted octanol–water partition coefficient (Wildman–Crippen LogP) is 2.24. The largest absolute Gasteiger partial charge is 0.378 e. The van der Waals surface area contributed by atoms with Crippen LogP contribution in [0.3, 0.4) is 0 Å². The van der Waals surface area contributed by atoms with Gasteiger partial charge in [0.1, 0.15) is 23.5 Å². The molecule has 3 aliphatic rings. The molecule has 1 saturated carbocycles. The van der Waals surface area contributed by atoms with Crippen molar-refractivity contribution in [3.05, 3.63) is 36.1 Å². The van der Waals surface area contributed by atoms with E-state index in [1.165, 1.54) is 12.8 Å². The van der Waals surface area contributed by atoms with Gasteiger partial charge in [0.2, 0.25) is 5.95 Å². The van der Waals surface area contributed by atoms with Gasteiger partial charge >= 0.3 is 0 Å². The standard InChI is InChI=1S/C23H29N9O2/c1-3-18-21-28-27-15(2)31(21)19-12-24-23(26-20(19)32(18)16-6-4-5-7-16)30-13-17(25-14-30)22(33)29-8-10-34-11-9-29/h12-14,16,18H,3-11H2,1-2H3. The third kappa shape index (κ3) is 3.37. The van der Waals surface area contributed by atoms with Crippen LogP contribution in [0.25, 0.3) is 11.6 Å². The van der Waals surface area contributed by atoms with Crippen LogP contribution in [0.15, 0.2) is 18.7 Å². The molecule has 178 valence electrons. The van der Waals surface area contributed by atoms with Crippen LogP contribution in [0.1, 0.15) is 67.2 Å². The Hall–Kier alpha value is -3.34. The Morgan fingerprint density at radius 3 is 2.71 bits per heavy atom. The Labute approximate surface area is 197 Å². The minimum atomic E-state index is -0.0941. The molecule has 1 saturated heterocycles. The van der Waals surface area contributed by atoms with E-state index < -0.39 is 0 Å². The van der Waals surface area contributed by atoms with Crippen molar-refractivity contribution in [1.82, 2.24) is 39.2 Å². The Balaban J connectivity index is 1.40. The summed E-state index contributed by atoms with van der Waals surface area (Å²) in [7, 11) is 0. The average Bonchev–Trinajstić information content (AvgIpc) is 3.64. The molecule has 11 nitrogen and oxygen atoms in total. The number of hydrogen-bond acceptors (Lipinski definition) is 8. The number of aryl methyl sites for hydroxylation is 1. The highest BCUT2D eigenvalue weighted by Crippen LogP contribution is 2.43. The van der Waals surface area contributed by atoms with Gasteiger partial charge < -0.3 is 14.5 Å². The second-order valence-electron chi connectivity index (χ2n) is 9.16. The van der Waals surface area contributed by atoms with Crippen molar-refractivity contribution in [3.63, 3.8) is 0 Å². The van der Waals surface area contributed by atoms with E-state index in [2.05, 4.69) is 36.6 Å². The quantitative estimate of drug-likeness (QED) is 0.580. The number of ether oxygens (including phenoxy) is 1. The molecule has 2 fully saturated rings. The van der Waals surface area contributed by atoms with Gasteiger partial charge in [0.15, 0.2) is 11.6 Å². The molecule has 2 aliphatic heterocycles. The number of nitrogens with zero attached hydrogens (tertiary/aromatic N) is 9. The van der Waals surface area contributed by atoms with Crippen LogP contribution in [0.2, 0.25) is 0 Å². The second kappa shape index (κ2) is 8.46. The van der Waals surface area contributed by atoms with E-state index in [0.29, 0.717) is 44.0 Å². The first kappa shape index (κ1) is 21.2. The van der Waals surface area contributed by atoms with Gasteiger partial charge in [0.05, 0.1) is 25.5 Å². The molecule has 0 spiro atoms. The minimum Gasteiger partial charge on any atom is -0.378 e. The molecule has 3 aromatic heterocycles. The average molecular weight is 464 g/mol. The van der Waals surface area contributed by atoms with Crippen molar-refractivity contribution >= 4 is 11.7 Å². The maximum Gasteiger partial charge on any atom is 0.274 e. The van der Waals surface area contributed by atoms with E-state index in [-0.39, 0.29) is 11.9 Å². The lowest BCUT2D eigenvalue weighted by molar-refractivity contribution is 0.0299. The molecule has 1 aliphatic carbocycles. The molecule has 0 aromatic carbocycles. The van der Waals surface area contributed by atoms with Crippen molar-refractivity contribution in [1.29, 1.82) is 0 Å². The number of carbonyl (C=O) groups is 1. The summed E-state index contributed by atoms with van der Waals surface area (Å²) in [6.07, 6.45) is 10.8. The Morgan fingerprint density at radius 2 is 1.94 bits per heavy atom. The molecule has 34 heavy (non-hydrogen) atoms. The van der Waals surface area contributed by atoms with Gasteiger partial charge in [0, 0.05) is 25.3 Å². The molecule has 3 aromatic rings. The fraction of sp³-hybridized carbons (Fsp3) is 0.565. The number of aromatic nitrogens is 7. The Kier molecular flexibility index (Phi) is 5.28. The van der Waals surface area contributed by atoms with Crippen molar-refractivity contribution in [2.45, 2.75) is 58.0 Å². The van der Waals surface area contributed by atoms with Gasteiger partial charge in [-0.1, -0.05) is 19.8 Å². The summed E-state index contributed by atoms with van der Waals surface area (Å²) in [5.74, 6) is 3.09. The van der Waals surface area contributed by atoms with Crippen LogP contribution in [-0.2, 0) is 4.74 Å². The van der Waals surface area contributed by atoms with Crippen LogP contribution < -0.4 is 4.90 Å². The first-order valence-electron chi connectivity index (χ1n) is 12.1. The number of fused-ring (bicyclic) bond motifs is 3. The zero-order valence-corrected chi connectivity index (χ0v) is 19.6. The summed E-state index contributed by atoms with van der Waals surface area (Å²) < 4.78 is 9.17. The van der Waals surface area contributed by atoms with E-state index in [1.54, 1.807) is 22.0 Å². The first-order chi connectivity index (χ1) is 16.7. The Morgan fingerprint density at radius 1 is 1.15 bits per heavy atom. The van der Waals surface area contributed by atoms with Crippen molar-refractivity contribution in [3.8, 4) is 11.6 Å². The van der Waals surface area contributed by atoms with Crippen LogP contribution >= 0.6 is 0 Å². The molecule has 1 amide bonds. The molecule has 0 N–H and O–H groups in total. The topological polar surface area (TPSA) is 107 Å². The summed E-state index contributed by atoms with van der Waals surface area (Å²) >= 11 is 0. The SMILES string of the molecule is CCC1c2nnc(C)n2-c2cnc(-n3cnc(C(=O)N4CCOCC4)c3)nc2N1C1CCCC1. The minimum absolute atomic E-state index is 0.0941. The van der Waals surface area contributed by atoms with E-state index in [4.69, 9.17) is 9.72 Å². The highest BCUT2D eigenvalue weighted by molar-refractivity contribution is 5.92. The third-order valence-corrected chi connectivity index (χ3v) is 7.14. The van der Waals surface area contributed by atoms with Gasteiger partial charge in [-0.05, 0) is 26.2 Å². The normalized spacial score (nSPS) is 20.5. The van der Waals surface area contributed by atoms with Crippen molar-refractivity contribution in [2.75, 3.05) is 31.2 Å². The highest BCUT2D eigenvalue weighted by Gasteiger charge is 2.39. The molecular weight excluding hydrogens is 434 g/mol. The van der Waals surface area contributed by atoms with Crippen LogP contribution in [-0.4, -0.2) is 77.4 Å². The monoisotopic (exact) mass is 463 g/mol. The maximum absolute atomic E-state index is 12.9. The fourth-order valence-electron chi connectivity index (χ4n) is 5.45. The summed E-state index contributed by atoms with van der Waals surface area (Å²) in [6.45, 7) is 6.42. The van der Waals surface area contributed by atoms with E-state index in [9.17, 15) is 4.79 Å². The van der Waals surface area contributed by atoms with Gasteiger partial charge in [-0.2, -0.15) is 4.98 Å². The van der Waals surface area contributed by atoms with Crippen LogP contribution in [0, 0.1) is 6.92 Å². The fourth-order valence-corrected chi connectivity index (χ4v) is 5.45. The maximum atomic E-state index is 12.9. The smallest absolute Gasteiger partial charge is 0.274 e. The summed E-state index contributed by atoms with van der Waals surface area (Å²) in [6, 6.07) is 0.527. The zero-order valence-electron chi connectivity index (χ0n) is 19.6. The second-order valence-corrected chi connectivity index (χ2v) is 9.16. The number of rotatable bonds is 4. The van der Waals surface area contributed by atoms with Crippen LogP contribution in [0.5, 0.6) is 0 Å². The first-order valence-corrected chi connectivity index (χ1v) is 12.1. The molecule has 0 bridgehead atoms. The zero-order chi connectivity index (χ0) is 23.2. The number of imidazole rings is 1. The lowest BCUT2D eigenvalue weighted by atomic mass is 10.0. The Bertz CT molecular complexity index is 1210. The highest BCUT2D eigenvalue weighted by atomic mass is 16.5. The van der Waals surface area contributed by atoms with Crippen molar-refractivity contribution in [2.24, 2.45) is 0 Å².